The molecule has 1 rings (SSSR count). The summed E-state index contributed by atoms with van der Waals surface area (Å²) in [6, 6.07) is 0. The van der Waals surface area contributed by atoms with Crippen molar-refractivity contribution in [3.63, 3.8) is 0 Å². The van der Waals surface area contributed by atoms with E-state index in [4.69, 9.17) is 0 Å². The third-order valence-corrected chi connectivity index (χ3v) is 2.41. The summed E-state index contributed by atoms with van der Waals surface area (Å²) in [5.41, 5.74) is 0. The van der Waals surface area contributed by atoms with E-state index in [0.29, 0.717) is 5.92 Å². The second-order valence-electron chi connectivity index (χ2n) is 3.01. The molecule has 0 atom stereocenters. The van der Waals surface area contributed by atoms with Gasteiger partial charge in [0.05, 0.1) is 0 Å². The zero-order valence-corrected chi connectivity index (χ0v) is 10.9. The molecule has 0 amide bonds. The molecule has 0 saturated heterocycles. The first-order valence-corrected chi connectivity index (χ1v) is 5.84. The SMILES string of the molecule is CSc1nc(Br)[c-]n1CC(C)C.[Li+]. The van der Waals surface area contributed by atoms with Crippen LogP contribution < -0.4 is 18.9 Å². The minimum absolute atomic E-state index is 0. The third-order valence-electron chi connectivity index (χ3n) is 1.38. The van der Waals surface area contributed by atoms with E-state index in [9.17, 15) is 0 Å². The first-order chi connectivity index (χ1) is 5.63. The molecule has 0 N–H and O–H groups in total. The van der Waals surface area contributed by atoms with E-state index in [1.54, 1.807) is 11.8 Å². The third kappa shape index (κ3) is 4.12. The number of aromatic nitrogens is 2. The first kappa shape index (κ1) is 13.6. The van der Waals surface area contributed by atoms with Crippen LogP contribution in [0.3, 0.4) is 0 Å². The molecule has 0 radical (unpaired) electrons. The Kier molecular flexibility index (Phi) is 6.49. The van der Waals surface area contributed by atoms with Crippen molar-refractivity contribution in [3.8, 4) is 0 Å². The van der Waals surface area contributed by atoms with Gasteiger partial charge < -0.3 is 9.55 Å². The molecule has 0 aliphatic carbocycles. The van der Waals surface area contributed by atoms with Gasteiger partial charge in [0.15, 0.2) is 0 Å². The van der Waals surface area contributed by atoms with Gasteiger partial charge in [0, 0.05) is 9.76 Å². The van der Waals surface area contributed by atoms with Crippen LogP contribution in [-0.4, -0.2) is 15.8 Å². The maximum absolute atomic E-state index is 4.27. The second kappa shape index (κ2) is 6.18. The fourth-order valence-electron chi connectivity index (χ4n) is 0.973. The van der Waals surface area contributed by atoms with Gasteiger partial charge in [-0.3, -0.25) is 0 Å². The van der Waals surface area contributed by atoms with Crippen molar-refractivity contribution < 1.29 is 18.9 Å². The molecular formula is C8H12BrLiN2S. The summed E-state index contributed by atoms with van der Waals surface area (Å²) in [6.07, 6.45) is 5.16. The van der Waals surface area contributed by atoms with E-state index < -0.39 is 0 Å². The molecule has 0 unspecified atom stereocenters. The van der Waals surface area contributed by atoms with Crippen molar-refractivity contribution in [1.29, 1.82) is 0 Å². The number of hydrogen-bond acceptors (Lipinski definition) is 2. The van der Waals surface area contributed by atoms with Gasteiger partial charge in [0.2, 0.25) is 0 Å². The van der Waals surface area contributed by atoms with Crippen LogP contribution in [0.15, 0.2) is 9.76 Å². The minimum atomic E-state index is 0. The van der Waals surface area contributed by atoms with E-state index >= 15 is 0 Å². The Morgan fingerprint density at radius 2 is 2.23 bits per heavy atom. The van der Waals surface area contributed by atoms with Crippen LogP contribution in [0.5, 0.6) is 0 Å². The van der Waals surface area contributed by atoms with E-state index in [1.807, 2.05) is 6.26 Å². The largest absolute Gasteiger partial charge is 1.00 e. The van der Waals surface area contributed by atoms with Crippen LogP contribution in [0.4, 0.5) is 0 Å². The van der Waals surface area contributed by atoms with Crippen LogP contribution in [0.25, 0.3) is 0 Å². The number of thioether (sulfide) groups is 1. The predicted octanol–water partition coefficient (Wildman–Crippen LogP) is -0.172. The fourth-order valence-corrected chi connectivity index (χ4v) is 2.00. The summed E-state index contributed by atoms with van der Waals surface area (Å²) in [7, 11) is 0. The van der Waals surface area contributed by atoms with E-state index in [-0.39, 0.29) is 18.9 Å². The summed E-state index contributed by atoms with van der Waals surface area (Å²) >= 11 is 4.96. The van der Waals surface area contributed by atoms with Gasteiger partial charge in [-0.25, -0.2) is 0 Å². The predicted molar refractivity (Wildman–Crippen MR) is 55.4 cm³/mol. The van der Waals surface area contributed by atoms with Gasteiger partial charge in [0.1, 0.15) is 0 Å². The molecule has 1 heterocycles. The van der Waals surface area contributed by atoms with E-state index in [0.717, 1.165) is 16.3 Å². The maximum atomic E-state index is 4.27. The molecule has 0 spiro atoms. The number of halogens is 1. The van der Waals surface area contributed by atoms with Gasteiger partial charge >= 0.3 is 18.9 Å². The summed E-state index contributed by atoms with van der Waals surface area (Å²) in [4.78, 5) is 4.27. The molecule has 68 valence electrons. The van der Waals surface area contributed by atoms with Crippen molar-refractivity contribution in [3.05, 3.63) is 10.8 Å². The molecule has 2 nitrogen and oxygen atoms in total. The standard InChI is InChI=1S/C8H12BrN2S.Li/c1-6(2)4-11-5-7(9)10-8(11)12-3;/h6H,4H2,1-3H3;/q-1;+1. The average Bonchev–Trinajstić information content (AvgIpc) is 2.29. The Bertz CT molecular complexity index is 263. The molecule has 0 saturated carbocycles. The molecule has 5 heteroatoms. The van der Waals surface area contributed by atoms with Crippen LogP contribution in [0.2, 0.25) is 0 Å². The van der Waals surface area contributed by atoms with Crippen molar-refractivity contribution in [1.82, 2.24) is 9.55 Å². The molecule has 0 bridgehead atoms. The Hall–Kier alpha value is 0.637. The monoisotopic (exact) mass is 254 g/mol. The van der Waals surface area contributed by atoms with Crippen molar-refractivity contribution in [2.24, 2.45) is 5.92 Å². The normalized spacial score (nSPS) is 10.2. The van der Waals surface area contributed by atoms with Crippen LogP contribution in [0, 0.1) is 12.1 Å². The van der Waals surface area contributed by atoms with Crippen molar-refractivity contribution in [2.45, 2.75) is 25.5 Å². The number of hydrogen-bond donors (Lipinski definition) is 0. The van der Waals surface area contributed by atoms with Crippen molar-refractivity contribution >= 4 is 27.7 Å². The molecule has 1 aromatic rings. The molecule has 0 aromatic carbocycles. The van der Waals surface area contributed by atoms with E-state index in [2.05, 4.69) is 45.5 Å². The topological polar surface area (TPSA) is 17.8 Å². The molecule has 13 heavy (non-hydrogen) atoms. The van der Waals surface area contributed by atoms with E-state index in [1.165, 1.54) is 0 Å². The Morgan fingerprint density at radius 3 is 2.69 bits per heavy atom. The Morgan fingerprint density at radius 1 is 1.62 bits per heavy atom. The summed E-state index contributed by atoms with van der Waals surface area (Å²) < 4.78 is 2.85. The summed E-state index contributed by atoms with van der Waals surface area (Å²) in [5, 5.41) is 1.02. The Labute approximate surface area is 104 Å². The molecule has 0 aliphatic heterocycles. The van der Waals surface area contributed by atoms with Crippen LogP contribution in [0.1, 0.15) is 13.8 Å². The van der Waals surface area contributed by atoms with Gasteiger partial charge in [-0.2, -0.15) is 11.8 Å². The average molecular weight is 255 g/mol. The second-order valence-corrected chi connectivity index (χ2v) is 4.53. The number of rotatable bonds is 3. The summed E-state index contributed by atoms with van der Waals surface area (Å²) in [5.74, 6) is 0.633. The number of nitrogens with zero attached hydrogens (tertiary/aromatic N) is 2. The van der Waals surface area contributed by atoms with Crippen molar-refractivity contribution in [2.75, 3.05) is 6.26 Å². The first-order valence-electron chi connectivity index (χ1n) is 3.82. The van der Waals surface area contributed by atoms with Gasteiger partial charge in [0.25, 0.3) is 0 Å². The molecular weight excluding hydrogens is 243 g/mol. The number of imidazole rings is 1. The molecule has 1 aromatic heterocycles. The van der Waals surface area contributed by atoms with Gasteiger partial charge in [-0.15, -0.1) is 6.20 Å². The summed E-state index contributed by atoms with van der Waals surface area (Å²) in [6.45, 7) is 5.35. The van der Waals surface area contributed by atoms with Gasteiger partial charge in [-0.05, 0) is 18.7 Å². The minimum Gasteiger partial charge on any atom is -0.488 e. The van der Waals surface area contributed by atoms with Crippen LogP contribution in [-0.2, 0) is 6.54 Å². The molecule has 0 aliphatic rings. The molecule has 0 fully saturated rings. The maximum Gasteiger partial charge on any atom is 1.00 e. The van der Waals surface area contributed by atoms with Gasteiger partial charge in [-0.1, -0.05) is 29.8 Å². The van der Waals surface area contributed by atoms with Crippen LogP contribution >= 0.6 is 27.7 Å². The fraction of sp³-hybridized carbons (Fsp3) is 0.625. The zero-order chi connectivity index (χ0) is 9.14. The smallest absolute Gasteiger partial charge is 0.488 e. The quantitative estimate of drug-likeness (QED) is 0.424. The zero-order valence-electron chi connectivity index (χ0n) is 8.47. The Balaban J connectivity index is 0.00000144.